The minimum Gasteiger partial charge on any atom is -0.419 e. The molecule has 0 amide bonds. The van der Waals surface area contributed by atoms with Gasteiger partial charge in [0.15, 0.2) is 0 Å². The molecule has 0 atom stereocenters. The van der Waals surface area contributed by atoms with Crippen LogP contribution in [0.15, 0.2) is 33.2 Å². The Labute approximate surface area is 120 Å². The van der Waals surface area contributed by atoms with E-state index in [0.29, 0.717) is 24.4 Å². The summed E-state index contributed by atoms with van der Waals surface area (Å²) in [5.74, 6) is 1.21. The van der Waals surface area contributed by atoms with Gasteiger partial charge in [-0.25, -0.2) is 0 Å². The minimum atomic E-state index is 0.558. The van der Waals surface area contributed by atoms with Crippen LogP contribution in [0.2, 0.25) is 0 Å². The maximum atomic E-state index is 5.73. The lowest BCUT2D eigenvalue weighted by atomic mass is 10.1. The van der Waals surface area contributed by atoms with E-state index in [1.807, 2.05) is 24.3 Å². The van der Waals surface area contributed by atoms with Crippen molar-refractivity contribution in [3.8, 4) is 11.5 Å². The number of halogens is 1. The van der Waals surface area contributed by atoms with Crippen LogP contribution in [0.25, 0.3) is 11.5 Å². The van der Waals surface area contributed by atoms with E-state index in [-0.39, 0.29) is 0 Å². The van der Waals surface area contributed by atoms with Crippen molar-refractivity contribution in [1.82, 2.24) is 20.4 Å². The molecule has 3 rings (SSSR count). The average molecular weight is 323 g/mol. The molecule has 1 aliphatic rings. The second-order valence-electron chi connectivity index (χ2n) is 4.71. The fourth-order valence-electron chi connectivity index (χ4n) is 1.99. The molecule has 1 aliphatic heterocycles. The van der Waals surface area contributed by atoms with E-state index in [1.54, 1.807) is 0 Å². The van der Waals surface area contributed by atoms with Crippen LogP contribution < -0.4 is 5.32 Å². The zero-order chi connectivity index (χ0) is 13.2. The quantitative estimate of drug-likeness (QED) is 0.931. The molecule has 1 saturated heterocycles. The Morgan fingerprint density at radius 2 is 2.16 bits per heavy atom. The SMILES string of the molecule is CN(Cc1nnc(-c2ccccc2Br)o1)C1CNC1. The lowest BCUT2D eigenvalue weighted by molar-refractivity contribution is 0.160. The highest BCUT2D eigenvalue weighted by Crippen LogP contribution is 2.26. The number of benzene rings is 1. The first kappa shape index (κ1) is 12.8. The van der Waals surface area contributed by atoms with E-state index in [2.05, 4.69) is 43.4 Å². The van der Waals surface area contributed by atoms with E-state index in [4.69, 9.17) is 4.42 Å². The van der Waals surface area contributed by atoms with Crippen LogP contribution in [0.3, 0.4) is 0 Å². The summed E-state index contributed by atoms with van der Waals surface area (Å²) in [6, 6.07) is 8.41. The third-order valence-electron chi connectivity index (χ3n) is 3.34. The summed E-state index contributed by atoms with van der Waals surface area (Å²) in [7, 11) is 2.08. The van der Waals surface area contributed by atoms with E-state index in [9.17, 15) is 0 Å². The molecule has 0 radical (unpaired) electrons. The van der Waals surface area contributed by atoms with Gasteiger partial charge in [0.05, 0.1) is 12.1 Å². The van der Waals surface area contributed by atoms with Crippen molar-refractivity contribution in [2.75, 3.05) is 20.1 Å². The molecule has 2 heterocycles. The van der Waals surface area contributed by atoms with E-state index < -0.39 is 0 Å². The number of nitrogens with zero attached hydrogens (tertiary/aromatic N) is 3. The van der Waals surface area contributed by atoms with E-state index >= 15 is 0 Å². The fraction of sp³-hybridized carbons (Fsp3) is 0.385. The maximum absolute atomic E-state index is 5.73. The van der Waals surface area contributed by atoms with Crippen molar-refractivity contribution < 1.29 is 4.42 Å². The van der Waals surface area contributed by atoms with Gasteiger partial charge in [0.25, 0.3) is 0 Å². The van der Waals surface area contributed by atoms with Gasteiger partial charge in [0, 0.05) is 23.6 Å². The Morgan fingerprint density at radius 3 is 2.84 bits per heavy atom. The molecule has 0 bridgehead atoms. The maximum Gasteiger partial charge on any atom is 0.248 e. The summed E-state index contributed by atoms with van der Waals surface area (Å²) in [6.45, 7) is 2.74. The number of aromatic nitrogens is 2. The molecule has 1 aromatic carbocycles. The lowest BCUT2D eigenvalue weighted by Gasteiger charge is -2.34. The van der Waals surface area contributed by atoms with Gasteiger partial charge in [-0.1, -0.05) is 12.1 Å². The predicted molar refractivity (Wildman–Crippen MR) is 75.6 cm³/mol. The molecular weight excluding hydrogens is 308 g/mol. The molecule has 0 saturated carbocycles. The van der Waals surface area contributed by atoms with Crippen LogP contribution in [0.5, 0.6) is 0 Å². The molecule has 100 valence electrons. The second-order valence-corrected chi connectivity index (χ2v) is 5.56. The van der Waals surface area contributed by atoms with Gasteiger partial charge in [0.1, 0.15) is 0 Å². The van der Waals surface area contributed by atoms with Gasteiger partial charge < -0.3 is 9.73 Å². The second kappa shape index (κ2) is 5.40. The Balaban J connectivity index is 1.74. The van der Waals surface area contributed by atoms with Crippen molar-refractivity contribution in [3.63, 3.8) is 0 Å². The van der Waals surface area contributed by atoms with Gasteiger partial charge in [-0.05, 0) is 35.1 Å². The average Bonchev–Trinajstić information content (AvgIpc) is 2.75. The molecule has 1 aromatic heterocycles. The molecule has 0 aliphatic carbocycles. The van der Waals surface area contributed by atoms with Gasteiger partial charge in [0.2, 0.25) is 11.8 Å². The third-order valence-corrected chi connectivity index (χ3v) is 4.03. The van der Waals surface area contributed by atoms with Crippen molar-refractivity contribution in [1.29, 1.82) is 0 Å². The number of rotatable bonds is 4. The molecular formula is C13H15BrN4O. The van der Waals surface area contributed by atoms with Crippen molar-refractivity contribution >= 4 is 15.9 Å². The Kier molecular flexibility index (Phi) is 3.63. The molecule has 2 aromatic rings. The first-order valence-corrected chi connectivity index (χ1v) is 7.01. The largest absolute Gasteiger partial charge is 0.419 e. The number of hydrogen-bond acceptors (Lipinski definition) is 5. The standard InChI is InChI=1S/C13H15BrN4O/c1-18(9-6-15-7-9)8-12-16-17-13(19-12)10-4-2-3-5-11(10)14/h2-5,9,15H,6-8H2,1H3. The van der Waals surface area contributed by atoms with E-state index in [1.165, 1.54) is 0 Å². The summed E-state index contributed by atoms with van der Waals surface area (Å²) < 4.78 is 6.69. The molecule has 1 fully saturated rings. The normalized spacial score (nSPS) is 15.7. The van der Waals surface area contributed by atoms with Crippen LogP contribution in [0.1, 0.15) is 5.89 Å². The van der Waals surface area contributed by atoms with Crippen molar-refractivity contribution in [3.05, 3.63) is 34.6 Å². The molecule has 5 nitrogen and oxygen atoms in total. The highest BCUT2D eigenvalue weighted by Gasteiger charge is 2.23. The molecule has 6 heteroatoms. The molecule has 0 spiro atoms. The first-order valence-electron chi connectivity index (χ1n) is 6.22. The van der Waals surface area contributed by atoms with Crippen LogP contribution >= 0.6 is 15.9 Å². The smallest absolute Gasteiger partial charge is 0.248 e. The highest BCUT2D eigenvalue weighted by molar-refractivity contribution is 9.10. The van der Waals surface area contributed by atoms with Crippen LogP contribution in [-0.4, -0.2) is 41.3 Å². The summed E-state index contributed by atoms with van der Waals surface area (Å²) >= 11 is 3.49. The molecule has 1 N–H and O–H groups in total. The fourth-order valence-corrected chi connectivity index (χ4v) is 2.44. The Bertz CT molecular complexity index is 567. The predicted octanol–water partition coefficient (Wildman–Crippen LogP) is 1.90. The van der Waals surface area contributed by atoms with Crippen LogP contribution in [0.4, 0.5) is 0 Å². The van der Waals surface area contributed by atoms with Gasteiger partial charge >= 0.3 is 0 Å². The molecule has 19 heavy (non-hydrogen) atoms. The van der Waals surface area contributed by atoms with Gasteiger partial charge in [-0.15, -0.1) is 10.2 Å². The topological polar surface area (TPSA) is 54.2 Å². The van der Waals surface area contributed by atoms with Gasteiger partial charge in [-0.3, -0.25) is 4.90 Å². The highest BCUT2D eigenvalue weighted by atomic mass is 79.9. The van der Waals surface area contributed by atoms with Gasteiger partial charge in [-0.2, -0.15) is 0 Å². The summed E-state index contributed by atoms with van der Waals surface area (Å²) in [5.41, 5.74) is 0.925. The van der Waals surface area contributed by atoms with Crippen molar-refractivity contribution in [2.45, 2.75) is 12.6 Å². The summed E-state index contributed by atoms with van der Waals surface area (Å²) in [6.07, 6.45) is 0. The van der Waals surface area contributed by atoms with E-state index in [0.717, 1.165) is 23.1 Å². The van der Waals surface area contributed by atoms with Crippen molar-refractivity contribution in [2.24, 2.45) is 0 Å². The first-order chi connectivity index (χ1) is 9.24. The number of likely N-dealkylation sites (N-methyl/N-ethyl adjacent to an activating group) is 1. The third kappa shape index (κ3) is 2.70. The monoisotopic (exact) mass is 322 g/mol. The Hall–Kier alpha value is -1.24. The summed E-state index contributed by atoms with van der Waals surface area (Å²) in [5, 5.41) is 11.5. The zero-order valence-electron chi connectivity index (χ0n) is 10.6. The lowest BCUT2D eigenvalue weighted by Crippen LogP contribution is -2.55. The Morgan fingerprint density at radius 1 is 1.37 bits per heavy atom. The minimum absolute atomic E-state index is 0.558. The zero-order valence-corrected chi connectivity index (χ0v) is 12.2. The summed E-state index contributed by atoms with van der Waals surface area (Å²) in [4.78, 5) is 2.23. The van der Waals surface area contributed by atoms with Crippen LogP contribution in [-0.2, 0) is 6.54 Å². The van der Waals surface area contributed by atoms with Crippen LogP contribution in [0, 0.1) is 0 Å². The molecule has 0 unspecified atom stereocenters. The number of nitrogens with one attached hydrogen (secondary N) is 1. The number of hydrogen-bond donors (Lipinski definition) is 1.